The summed E-state index contributed by atoms with van der Waals surface area (Å²) >= 11 is 10.0. The van der Waals surface area contributed by atoms with Crippen LogP contribution in [0.15, 0.2) is 47.4 Å². The third-order valence-corrected chi connectivity index (χ3v) is 12.4. The Morgan fingerprint density at radius 1 is 1.11 bits per heavy atom. The minimum atomic E-state index is -3.97. The minimum Gasteiger partial charge on any atom is -0.353 e. The third-order valence-electron chi connectivity index (χ3n) is 7.24. The Bertz CT molecular complexity index is 1280. The number of aryl methyl sites for hydroxylation is 1. The molecule has 204 valence electrons. The summed E-state index contributed by atoms with van der Waals surface area (Å²) in [5.74, 6) is 1.67. The molecule has 3 aliphatic rings. The van der Waals surface area contributed by atoms with E-state index in [0.29, 0.717) is 9.60 Å². The SMILES string of the molecule is O=C(CC1C(=O)NCCN1S(=O)(=O)c1ccc(Cl)cc1)NC1CCCc2cc(CC3SCCCS3)ccc21. The van der Waals surface area contributed by atoms with Gasteiger partial charge in [-0.05, 0) is 84.6 Å². The highest BCUT2D eigenvalue weighted by molar-refractivity contribution is 8.17. The van der Waals surface area contributed by atoms with Crippen LogP contribution in [0, 0.1) is 0 Å². The Balaban J connectivity index is 1.27. The number of piperazine rings is 1. The smallest absolute Gasteiger partial charge is 0.243 e. The average Bonchev–Trinajstić information content (AvgIpc) is 2.90. The number of carbonyl (C=O) groups excluding carboxylic acids is 2. The van der Waals surface area contributed by atoms with Crippen LogP contribution in [0.2, 0.25) is 5.02 Å². The summed E-state index contributed by atoms with van der Waals surface area (Å²) in [6.45, 7) is 0.293. The Hall–Kier alpha value is -1.72. The van der Waals surface area contributed by atoms with Gasteiger partial charge in [0.2, 0.25) is 21.8 Å². The van der Waals surface area contributed by atoms with Crippen LogP contribution in [0.1, 0.15) is 48.4 Å². The number of carbonyl (C=O) groups is 2. The van der Waals surface area contributed by atoms with Crippen LogP contribution in [0.4, 0.5) is 0 Å². The molecule has 2 atom stereocenters. The highest BCUT2D eigenvalue weighted by Crippen LogP contribution is 2.35. The number of nitrogens with one attached hydrogen (secondary N) is 2. The normalized spacial score (nSPS) is 22.9. The molecule has 2 fully saturated rings. The van der Waals surface area contributed by atoms with Gasteiger partial charge in [0.25, 0.3) is 0 Å². The summed E-state index contributed by atoms with van der Waals surface area (Å²) in [4.78, 5) is 26.0. The van der Waals surface area contributed by atoms with E-state index in [2.05, 4.69) is 28.8 Å². The lowest BCUT2D eigenvalue weighted by atomic mass is 9.86. The summed E-state index contributed by atoms with van der Waals surface area (Å²) in [5, 5.41) is 6.23. The quantitative estimate of drug-likeness (QED) is 0.501. The van der Waals surface area contributed by atoms with Crippen molar-refractivity contribution in [2.75, 3.05) is 24.6 Å². The van der Waals surface area contributed by atoms with Crippen molar-refractivity contribution in [3.8, 4) is 0 Å². The zero-order valence-corrected chi connectivity index (χ0v) is 24.2. The summed E-state index contributed by atoms with van der Waals surface area (Å²) in [7, 11) is -3.97. The van der Waals surface area contributed by atoms with E-state index in [1.54, 1.807) is 0 Å². The van der Waals surface area contributed by atoms with E-state index < -0.39 is 22.0 Å². The molecule has 2 aromatic rings. The van der Waals surface area contributed by atoms with Crippen LogP contribution < -0.4 is 10.6 Å². The van der Waals surface area contributed by atoms with Crippen LogP contribution in [-0.2, 0) is 32.5 Å². The number of nitrogens with zero attached hydrogens (tertiary/aromatic N) is 1. The predicted octanol–water partition coefficient (Wildman–Crippen LogP) is 4.15. The van der Waals surface area contributed by atoms with E-state index in [4.69, 9.17) is 11.6 Å². The second kappa shape index (κ2) is 12.2. The maximum absolute atomic E-state index is 13.3. The van der Waals surface area contributed by atoms with Gasteiger partial charge in [0.1, 0.15) is 6.04 Å². The second-order valence-corrected chi connectivity index (χ2v) is 15.1. The van der Waals surface area contributed by atoms with Crippen LogP contribution in [0.3, 0.4) is 0 Å². The Kier molecular flexibility index (Phi) is 8.94. The fraction of sp³-hybridized carbons (Fsp3) is 0.481. The van der Waals surface area contributed by atoms with Gasteiger partial charge in [0.15, 0.2) is 0 Å². The molecule has 0 saturated carbocycles. The highest BCUT2D eigenvalue weighted by Gasteiger charge is 2.40. The van der Waals surface area contributed by atoms with Crippen molar-refractivity contribution in [3.63, 3.8) is 0 Å². The van der Waals surface area contributed by atoms with Crippen molar-refractivity contribution in [3.05, 3.63) is 64.2 Å². The van der Waals surface area contributed by atoms with Crippen molar-refractivity contribution >= 4 is 57.0 Å². The van der Waals surface area contributed by atoms with Gasteiger partial charge in [0.05, 0.1) is 21.9 Å². The van der Waals surface area contributed by atoms with E-state index in [9.17, 15) is 18.0 Å². The summed E-state index contributed by atoms with van der Waals surface area (Å²) in [6.07, 6.45) is 4.86. The second-order valence-electron chi connectivity index (χ2n) is 9.85. The standard InChI is InChI=1S/C27H32ClN3O4S3/c28-20-6-8-21(9-7-20)38(34,35)31-12-11-29-27(33)24(31)17-25(32)30-23-4-1-3-19-15-18(5-10-22(19)23)16-26-36-13-2-14-37-26/h5-10,15,23-24,26H,1-4,11-14,16-17H2,(H,29,33)(H,30,32). The molecular formula is C27H32ClN3O4S3. The van der Waals surface area contributed by atoms with Gasteiger partial charge in [0, 0.05) is 18.1 Å². The predicted molar refractivity (Wildman–Crippen MR) is 154 cm³/mol. The van der Waals surface area contributed by atoms with E-state index in [1.807, 2.05) is 23.5 Å². The first-order valence-electron chi connectivity index (χ1n) is 13.0. The number of halogens is 1. The molecule has 0 bridgehead atoms. The number of amides is 2. The maximum atomic E-state index is 13.3. The van der Waals surface area contributed by atoms with E-state index >= 15 is 0 Å². The number of rotatable bonds is 7. The van der Waals surface area contributed by atoms with E-state index in [0.717, 1.165) is 35.6 Å². The summed E-state index contributed by atoms with van der Waals surface area (Å²) in [5.41, 5.74) is 3.73. The molecule has 2 aliphatic heterocycles. The van der Waals surface area contributed by atoms with Crippen molar-refractivity contribution in [1.82, 2.24) is 14.9 Å². The molecule has 2 amide bonds. The molecule has 1 aliphatic carbocycles. The monoisotopic (exact) mass is 593 g/mol. The van der Waals surface area contributed by atoms with Crippen molar-refractivity contribution in [2.45, 2.75) is 60.1 Å². The maximum Gasteiger partial charge on any atom is 0.243 e. The number of thioether (sulfide) groups is 2. The van der Waals surface area contributed by atoms with Gasteiger partial charge in [-0.15, -0.1) is 23.5 Å². The zero-order chi connectivity index (χ0) is 26.7. The molecule has 2 N–H and O–H groups in total. The molecule has 0 aromatic heterocycles. The third kappa shape index (κ3) is 6.36. The average molecular weight is 594 g/mol. The summed E-state index contributed by atoms with van der Waals surface area (Å²) < 4.78 is 28.4. The molecule has 2 aromatic carbocycles. The molecule has 5 rings (SSSR count). The van der Waals surface area contributed by atoms with Crippen LogP contribution in [0.5, 0.6) is 0 Å². The molecule has 2 unspecified atom stereocenters. The number of hydrogen-bond donors (Lipinski definition) is 2. The first-order valence-corrected chi connectivity index (χ1v) is 16.9. The molecular weight excluding hydrogens is 562 g/mol. The van der Waals surface area contributed by atoms with Gasteiger partial charge in [-0.2, -0.15) is 4.31 Å². The Morgan fingerprint density at radius 2 is 1.87 bits per heavy atom. The molecule has 11 heteroatoms. The lowest BCUT2D eigenvalue weighted by molar-refractivity contribution is -0.132. The number of hydrogen-bond acceptors (Lipinski definition) is 6. The molecule has 2 saturated heterocycles. The molecule has 2 heterocycles. The van der Waals surface area contributed by atoms with Crippen molar-refractivity contribution < 1.29 is 18.0 Å². The topological polar surface area (TPSA) is 95.6 Å². The fourth-order valence-electron chi connectivity index (χ4n) is 5.34. The molecule has 0 radical (unpaired) electrons. The highest BCUT2D eigenvalue weighted by atomic mass is 35.5. The van der Waals surface area contributed by atoms with Gasteiger partial charge in [-0.1, -0.05) is 29.8 Å². The van der Waals surface area contributed by atoms with Crippen molar-refractivity contribution in [1.29, 1.82) is 0 Å². The minimum absolute atomic E-state index is 0.0454. The molecule has 38 heavy (non-hydrogen) atoms. The molecule has 0 spiro atoms. The van der Waals surface area contributed by atoms with Gasteiger partial charge < -0.3 is 10.6 Å². The van der Waals surface area contributed by atoms with E-state index in [1.165, 1.54) is 53.3 Å². The summed E-state index contributed by atoms with van der Waals surface area (Å²) in [6, 6.07) is 11.2. The first-order chi connectivity index (χ1) is 18.3. The van der Waals surface area contributed by atoms with Crippen molar-refractivity contribution in [2.24, 2.45) is 0 Å². The largest absolute Gasteiger partial charge is 0.353 e. The Labute approximate surface area is 237 Å². The van der Waals surface area contributed by atoms with Gasteiger partial charge >= 0.3 is 0 Å². The lowest BCUT2D eigenvalue weighted by Crippen LogP contribution is -2.58. The number of fused-ring (bicyclic) bond motifs is 1. The lowest BCUT2D eigenvalue weighted by Gasteiger charge is -2.34. The van der Waals surface area contributed by atoms with Gasteiger partial charge in [-0.25, -0.2) is 8.42 Å². The van der Waals surface area contributed by atoms with Crippen LogP contribution >= 0.6 is 35.1 Å². The Morgan fingerprint density at radius 3 is 2.63 bits per heavy atom. The van der Waals surface area contributed by atoms with E-state index in [-0.39, 0.29) is 36.4 Å². The number of sulfonamides is 1. The first kappa shape index (κ1) is 27.8. The zero-order valence-electron chi connectivity index (χ0n) is 21.0. The number of benzene rings is 2. The molecule has 7 nitrogen and oxygen atoms in total. The van der Waals surface area contributed by atoms with Gasteiger partial charge in [-0.3, -0.25) is 9.59 Å². The van der Waals surface area contributed by atoms with Crippen LogP contribution in [0.25, 0.3) is 0 Å². The fourth-order valence-corrected chi connectivity index (χ4v) is 9.97. The van der Waals surface area contributed by atoms with Crippen LogP contribution in [-0.4, -0.2) is 59.8 Å².